The van der Waals surface area contributed by atoms with E-state index in [2.05, 4.69) is 21.1 Å². The van der Waals surface area contributed by atoms with Gasteiger partial charge in [0.1, 0.15) is 0 Å². The number of halogens is 1. The molecule has 116 valence electrons. The maximum Gasteiger partial charge on any atom is 0.248 e. The molecule has 0 aliphatic carbocycles. The van der Waals surface area contributed by atoms with Gasteiger partial charge >= 0.3 is 0 Å². The molecule has 1 heterocycles. The molecule has 0 saturated heterocycles. The van der Waals surface area contributed by atoms with E-state index in [0.29, 0.717) is 22.9 Å². The molecule has 0 aromatic heterocycles. The lowest BCUT2D eigenvalue weighted by Gasteiger charge is -2.07. The molecule has 22 heavy (non-hydrogen) atoms. The lowest BCUT2D eigenvalue weighted by atomic mass is 9.99. The highest BCUT2D eigenvalue weighted by Gasteiger charge is 2.26. The smallest absolute Gasteiger partial charge is 0.248 e. The minimum atomic E-state index is -0.327. The molecular weight excluding hydrogens is 304 g/mol. The number of nitrogens with zero attached hydrogens (tertiary/aromatic N) is 2. The topological polar surface area (TPSA) is 82.9 Å². The highest BCUT2D eigenvalue weighted by molar-refractivity contribution is 6.30. The highest BCUT2D eigenvalue weighted by atomic mass is 35.5. The molecule has 7 heteroatoms. The van der Waals surface area contributed by atoms with Crippen LogP contribution >= 0.6 is 11.6 Å². The first-order chi connectivity index (χ1) is 10.5. The van der Waals surface area contributed by atoms with Crippen LogP contribution in [0, 0.1) is 5.92 Å². The largest absolute Gasteiger partial charge is 0.273 e. The van der Waals surface area contributed by atoms with Crippen LogP contribution in [0.1, 0.15) is 32.3 Å². The van der Waals surface area contributed by atoms with Gasteiger partial charge in [-0.05, 0) is 38.0 Å². The van der Waals surface area contributed by atoms with Gasteiger partial charge in [-0.1, -0.05) is 23.7 Å². The van der Waals surface area contributed by atoms with Crippen LogP contribution in [-0.4, -0.2) is 23.2 Å². The number of hydrazone groups is 2. The van der Waals surface area contributed by atoms with Crippen LogP contribution < -0.4 is 10.9 Å². The van der Waals surface area contributed by atoms with E-state index in [0.717, 1.165) is 5.56 Å². The number of carbonyl (C=O) groups excluding carboxylic acids is 2. The Kier molecular flexibility index (Phi) is 5.27. The van der Waals surface area contributed by atoms with Crippen molar-refractivity contribution in [3.8, 4) is 0 Å². The third-order valence-corrected chi connectivity index (χ3v) is 3.69. The Morgan fingerprint density at radius 1 is 1.41 bits per heavy atom. The molecule has 1 atom stereocenters. The molecule has 2 rings (SSSR count). The second kappa shape index (κ2) is 7.17. The van der Waals surface area contributed by atoms with Gasteiger partial charge in [-0.3, -0.25) is 9.59 Å². The Balaban J connectivity index is 1.84. The summed E-state index contributed by atoms with van der Waals surface area (Å²) in [7, 11) is 0. The summed E-state index contributed by atoms with van der Waals surface area (Å²) < 4.78 is 0. The van der Waals surface area contributed by atoms with E-state index in [1.54, 1.807) is 26.0 Å². The summed E-state index contributed by atoms with van der Waals surface area (Å²) in [4.78, 5) is 23.3. The van der Waals surface area contributed by atoms with Crippen LogP contribution in [0.25, 0.3) is 0 Å². The molecule has 0 saturated carbocycles. The molecule has 1 aliphatic heterocycles. The molecule has 0 bridgehead atoms. The summed E-state index contributed by atoms with van der Waals surface area (Å²) in [5.74, 6) is -0.723. The lowest BCUT2D eigenvalue weighted by molar-refractivity contribution is -0.123. The number of hydrogen-bond acceptors (Lipinski definition) is 4. The summed E-state index contributed by atoms with van der Waals surface area (Å²) >= 11 is 5.82. The molecule has 2 amide bonds. The van der Waals surface area contributed by atoms with Crippen LogP contribution in [-0.2, 0) is 9.59 Å². The van der Waals surface area contributed by atoms with Crippen molar-refractivity contribution < 1.29 is 9.59 Å². The number of benzene rings is 1. The maximum absolute atomic E-state index is 11.8. The number of carbonyl (C=O) groups is 2. The van der Waals surface area contributed by atoms with E-state index >= 15 is 0 Å². The van der Waals surface area contributed by atoms with Crippen molar-refractivity contribution in [3.05, 3.63) is 34.9 Å². The molecule has 1 aliphatic rings. The van der Waals surface area contributed by atoms with Crippen molar-refractivity contribution in [2.24, 2.45) is 16.1 Å². The van der Waals surface area contributed by atoms with Gasteiger partial charge < -0.3 is 0 Å². The summed E-state index contributed by atoms with van der Waals surface area (Å²) in [5.41, 5.74) is 7.16. The number of hydrogen-bond donors (Lipinski definition) is 2. The van der Waals surface area contributed by atoms with E-state index in [1.165, 1.54) is 0 Å². The Hall–Kier alpha value is -2.21. The van der Waals surface area contributed by atoms with Crippen LogP contribution in [0.15, 0.2) is 34.5 Å². The van der Waals surface area contributed by atoms with Gasteiger partial charge in [0.25, 0.3) is 0 Å². The predicted octanol–water partition coefficient (Wildman–Crippen LogP) is 2.08. The van der Waals surface area contributed by atoms with Crippen molar-refractivity contribution >= 4 is 34.8 Å². The molecule has 0 radical (unpaired) electrons. The van der Waals surface area contributed by atoms with Crippen molar-refractivity contribution in [3.63, 3.8) is 0 Å². The molecular formula is C15H17ClN4O2. The van der Waals surface area contributed by atoms with Crippen molar-refractivity contribution in [2.45, 2.75) is 26.7 Å². The van der Waals surface area contributed by atoms with Crippen molar-refractivity contribution in [1.82, 2.24) is 10.9 Å². The minimum Gasteiger partial charge on any atom is -0.273 e. The Morgan fingerprint density at radius 2 is 2.09 bits per heavy atom. The normalized spacial score (nSPS) is 18.0. The van der Waals surface area contributed by atoms with E-state index in [4.69, 9.17) is 11.6 Å². The number of rotatable bonds is 5. The molecule has 0 fully saturated rings. The fourth-order valence-corrected chi connectivity index (χ4v) is 2.19. The molecule has 2 N–H and O–H groups in total. The first-order valence-electron chi connectivity index (χ1n) is 6.90. The molecule has 1 aromatic rings. The van der Waals surface area contributed by atoms with Gasteiger partial charge in [0.05, 0.1) is 11.6 Å². The van der Waals surface area contributed by atoms with Gasteiger partial charge in [-0.2, -0.15) is 10.2 Å². The summed E-state index contributed by atoms with van der Waals surface area (Å²) in [6.45, 7) is 3.56. The molecule has 1 aromatic carbocycles. The van der Waals surface area contributed by atoms with Gasteiger partial charge in [-0.15, -0.1) is 0 Å². The van der Waals surface area contributed by atoms with Gasteiger partial charge in [0, 0.05) is 17.2 Å². The predicted molar refractivity (Wildman–Crippen MR) is 85.8 cm³/mol. The zero-order valence-electron chi connectivity index (χ0n) is 12.4. The van der Waals surface area contributed by atoms with E-state index < -0.39 is 0 Å². The first kappa shape index (κ1) is 16.2. The second-order valence-corrected chi connectivity index (χ2v) is 5.50. The van der Waals surface area contributed by atoms with Crippen molar-refractivity contribution in [2.75, 3.05) is 0 Å². The average Bonchev–Trinajstić information content (AvgIpc) is 2.82. The minimum absolute atomic E-state index is 0.161. The third kappa shape index (κ3) is 4.14. The maximum atomic E-state index is 11.8. The Morgan fingerprint density at radius 3 is 2.68 bits per heavy atom. The number of nitrogens with one attached hydrogen (secondary N) is 2. The van der Waals surface area contributed by atoms with Crippen molar-refractivity contribution in [1.29, 1.82) is 0 Å². The Labute approximate surface area is 133 Å². The average molecular weight is 321 g/mol. The Bertz CT molecular complexity index is 637. The fourth-order valence-electron chi connectivity index (χ4n) is 2.06. The first-order valence-corrected chi connectivity index (χ1v) is 7.28. The van der Waals surface area contributed by atoms with Crippen LogP contribution in [0.4, 0.5) is 0 Å². The zero-order valence-corrected chi connectivity index (χ0v) is 13.1. The fraction of sp³-hybridized carbons (Fsp3) is 0.333. The van der Waals surface area contributed by atoms with Gasteiger partial charge in [0.15, 0.2) is 0 Å². The van der Waals surface area contributed by atoms with Crippen LogP contribution in [0.3, 0.4) is 0 Å². The number of amides is 2. The summed E-state index contributed by atoms with van der Waals surface area (Å²) in [6, 6.07) is 7.18. The van der Waals surface area contributed by atoms with E-state index in [1.807, 2.05) is 12.1 Å². The monoisotopic (exact) mass is 320 g/mol. The standard InChI is InChI=1S/C15H17ClN4O2/c1-9(11-3-5-12(16)6-4-11)17-19-14(21)8-7-13-10(2)18-20-15(13)22/h3-6,13H,7-8H2,1-2H3,(H,19,21)(H,20,22)/b17-9-/t13-/m0/s1. The molecule has 0 spiro atoms. The van der Waals surface area contributed by atoms with Crippen LogP contribution in [0.2, 0.25) is 5.02 Å². The van der Waals surface area contributed by atoms with E-state index in [9.17, 15) is 9.59 Å². The highest BCUT2D eigenvalue weighted by Crippen LogP contribution is 2.13. The van der Waals surface area contributed by atoms with Crippen LogP contribution in [0.5, 0.6) is 0 Å². The quantitative estimate of drug-likeness (QED) is 0.643. The third-order valence-electron chi connectivity index (χ3n) is 3.43. The van der Waals surface area contributed by atoms with E-state index in [-0.39, 0.29) is 24.2 Å². The SMILES string of the molecule is CC1=NNC(=O)[C@H]1CCC(=O)N/N=C(/C)c1ccc(Cl)cc1. The van der Waals surface area contributed by atoms with Gasteiger partial charge in [0.2, 0.25) is 11.8 Å². The lowest BCUT2D eigenvalue weighted by Crippen LogP contribution is -2.25. The summed E-state index contributed by atoms with van der Waals surface area (Å²) in [6.07, 6.45) is 0.630. The molecule has 6 nitrogen and oxygen atoms in total. The van der Waals surface area contributed by atoms with Gasteiger partial charge in [-0.25, -0.2) is 10.9 Å². The zero-order chi connectivity index (χ0) is 16.1. The molecule has 0 unspecified atom stereocenters. The summed E-state index contributed by atoms with van der Waals surface area (Å²) in [5, 5.41) is 8.54. The second-order valence-electron chi connectivity index (χ2n) is 5.06.